The zero-order chi connectivity index (χ0) is 14.8. The third-order valence-electron chi connectivity index (χ3n) is 4.68. The number of benzene rings is 1. The van der Waals surface area contributed by atoms with Gasteiger partial charge in [0.1, 0.15) is 5.52 Å². The standard InChI is InChI=1S/C18H26N2O/c1-4-13-7-5-6-8-15(13)19-14-9-10-17-16(11-14)20-18(21-17)12(2)3/h9-13,15,19H,4-8H2,1-3H3. The van der Waals surface area contributed by atoms with Crippen molar-refractivity contribution < 1.29 is 4.42 Å². The lowest BCUT2D eigenvalue weighted by Gasteiger charge is -2.32. The quantitative estimate of drug-likeness (QED) is 0.825. The van der Waals surface area contributed by atoms with E-state index < -0.39 is 0 Å². The van der Waals surface area contributed by atoms with E-state index in [0.29, 0.717) is 12.0 Å². The van der Waals surface area contributed by atoms with Gasteiger partial charge in [0.05, 0.1) is 0 Å². The molecule has 21 heavy (non-hydrogen) atoms. The molecule has 2 atom stereocenters. The summed E-state index contributed by atoms with van der Waals surface area (Å²) in [5.74, 6) is 1.96. The second-order valence-corrected chi connectivity index (χ2v) is 6.59. The highest BCUT2D eigenvalue weighted by atomic mass is 16.3. The van der Waals surface area contributed by atoms with E-state index in [4.69, 9.17) is 4.42 Å². The van der Waals surface area contributed by atoms with Gasteiger partial charge in [0.15, 0.2) is 11.5 Å². The SMILES string of the molecule is CCC1CCCCC1Nc1ccc2oc(C(C)C)nc2c1. The average molecular weight is 286 g/mol. The Morgan fingerprint density at radius 1 is 1.29 bits per heavy atom. The Labute approximate surface area is 127 Å². The topological polar surface area (TPSA) is 38.1 Å². The Morgan fingerprint density at radius 3 is 2.86 bits per heavy atom. The zero-order valence-electron chi connectivity index (χ0n) is 13.4. The molecule has 3 rings (SSSR count). The molecule has 0 aliphatic heterocycles. The highest BCUT2D eigenvalue weighted by Gasteiger charge is 2.23. The van der Waals surface area contributed by atoms with Crippen molar-refractivity contribution in [1.82, 2.24) is 4.98 Å². The molecule has 1 heterocycles. The molecule has 1 saturated carbocycles. The van der Waals surface area contributed by atoms with Gasteiger partial charge in [0.2, 0.25) is 0 Å². The number of aromatic nitrogens is 1. The number of nitrogens with zero attached hydrogens (tertiary/aromatic N) is 1. The summed E-state index contributed by atoms with van der Waals surface area (Å²) < 4.78 is 5.78. The van der Waals surface area contributed by atoms with Crippen LogP contribution in [-0.4, -0.2) is 11.0 Å². The van der Waals surface area contributed by atoms with Gasteiger partial charge in [-0.25, -0.2) is 4.98 Å². The van der Waals surface area contributed by atoms with Crippen molar-refractivity contribution in [1.29, 1.82) is 0 Å². The van der Waals surface area contributed by atoms with E-state index in [9.17, 15) is 0 Å². The molecular weight excluding hydrogens is 260 g/mol. The van der Waals surface area contributed by atoms with Crippen LogP contribution < -0.4 is 5.32 Å². The summed E-state index contributed by atoms with van der Waals surface area (Å²) in [6.45, 7) is 6.52. The molecule has 2 unspecified atom stereocenters. The maximum absolute atomic E-state index is 5.78. The van der Waals surface area contributed by atoms with Gasteiger partial charge in [-0.05, 0) is 37.0 Å². The third kappa shape index (κ3) is 3.07. The second-order valence-electron chi connectivity index (χ2n) is 6.59. The molecule has 1 aliphatic rings. The largest absolute Gasteiger partial charge is 0.440 e. The molecule has 1 aromatic carbocycles. The molecule has 1 N–H and O–H groups in total. The lowest BCUT2D eigenvalue weighted by atomic mass is 9.83. The molecule has 0 amide bonds. The summed E-state index contributed by atoms with van der Waals surface area (Å²) in [6, 6.07) is 6.91. The van der Waals surface area contributed by atoms with Crippen molar-refractivity contribution in [2.24, 2.45) is 5.92 Å². The van der Waals surface area contributed by atoms with Gasteiger partial charge in [0.25, 0.3) is 0 Å². The van der Waals surface area contributed by atoms with Gasteiger partial charge in [-0.3, -0.25) is 0 Å². The van der Waals surface area contributed by atoms with Gasteiger partial charge in [0, 0.05) is 17.6 Å². The molecular formula is C18H26N2O. The van der Waals surface area contributed by atoms with E-state index in [2.05, 4.69) is 43.2 Å². The first-order valence-electron chi connectivity index (χ1n) is 8.34. The maximum Gasteiger partial charge on any atom is 0.198 e. The predicted octanol–water partition coefficient (Wildman–Crippen LogP) is 5.33. The molecule has 0 spiro atoms. The molecule has 114 valence electrons. The summed E-state index contributed by atoms with van der Waals surface area (Å²) >= 11 is 0. The first kappa shape index (κ1) is 14.4. The first-order chi connectivity index (χ1) is 10.2. The van der Waals surface area contributed by atoms with Crippen LogP contribution in [0, 0.1) is 5.92 Å². The highest BCUT2D eigenvalue weighted by molar-refractivity contribution is 5.77. The van der Waals surface area contributed by atoms with Gasteiger partial charge in [-0.1, -0.05) is 40.0 Å². The van der Waals surface area contributed by atoms with Gasteiger partial charge >= 0.3 is 0 Å². The fourth-order valence-corrected chi connectivity index (χ4v) is 3.38. The molecule has 1 aromatic heterocycles. The molecule has 1 fully saturated rings. The summed E-state index contributed by atoms with van der Waals surface area (Å²) in [4.78, 5) is 4.60. The van der Waals surface area contributed by atoms with E-state index in [1.807, 2.05) is 6.07 Å². The molecule has 2 aromatic rings. The lowest BCUT2D eigenvalue weighted by molar-refractivity contribution is 0.317. The molecule has 0 radical (unpaired) electrons. The number of oxazole rings is 1. The predicted molar refractivity (Wildman–Crippen MR) is 87.8 cm³/mol. The Hall–Kier alpha value is -1.51. The van der Waals surface area contributed by atoms with Crippen molar-refractivity contribution in [2.45, 2.75) is 64.8 Å². The van der Waals surface area contributed by atoms with Crippen LogP contribution >= 0.6 is 0 Å². The van der Waals surface area contributed by atoms with E-state index >= 15 is 0 Å². The maximum atomic E-state index is 5.78. The molecule has 0 saturated heterocycles. The molecule has 0 bridgehead atoms. The Bertz CT molecular complexity index is 602. The third-order valence-corrected chi connectivity index (χ3v) is 4.68. The Balaban J connectivity index is 1.80. The van der Waals surface area contributed by atoms with Crippen LogP contribution in [0.3, 0.4) is 0 Å². The van der Waals surface area contributed by atoms with Crippen LogP contribution in [0.5, 0.6) is 0 Å². The van der Waals surface area contributed by atoms with Gasteiger partial charge in [-0.15, -0.1) is 0 Å². The van der Waals surface area contributed by atoms with Crippen LogP contribution in [0.25, 0.3) is 11.1 Å². The number of fused-ring (bicyclic) bond motifs is 1. The lowest BCUT2D eigenvalue weighted by Crippen LogP contribution is -2.31. The van der Waals surface area contributed by atoms with E-state index in [-0.39, 0.29) is 0 Å². The second kappa shape index (κ2) is 6.08. The van der Waals surface area contributed by atoms with E-state index in [1.165, 1.54) is 37.8 Å². The summed E-state index contributed by atoms with van der Waals surface area (Å²) in [6.07, 6.45) is 6.64. The summed E-state index contributed by atoms with van der Waals surface area (Å²) in [5, 5.41) is 3.73. The van der Waals surface area contributed by atoms with E-state index in [1.54, 1.807) is 0 Å². The molecule has 3 heteroatoms. The van der Waals surface area contributed by atoms with Crippen molar-refractivity contribution in [3.05, 3.63) is 24.1 Å². The van der Waals surface area contributed by atoms with Gasteiger partial charge < -0.3 is 9.73 Å². The minimum atomic E-state index is 0.330. The molecule has 1 aliphatic carbocycles. The first-order valence-corrected chi connectivity index (χ1v) is 8.34. The monoisotopic (exact) mass is 286 g/mol. The number of hydrogen-bond donors (Lipinski definition) is 1. The minimum absolute atomic E-state index is 0.330. The summed E-state index contributed by atoms with van der Waals surface area (Å²) in [5.41, 5.74) is 3.03. The van der Waals surface area contributed by atoms with Crippen LogP contribution in [0.2, 0.25) is 0 Å². The van der Waals surface area contributed by atoms with Crippen molar-refractivity contribution in [3.63, 3.8) is 0 Å². The van der Waals surface area contributed by atoms with Crippen LogP contribution in [0.15, 0.2) is 22.6 Å². The fourth-order valence-electron chi connectivity index (χ4n) is 3.38. The smallest absolute Gasteiger partial charge is 0.198 e. The summed E-state index contributed by atoms with van der Waals surface area (Å²) in [7, 11) is 0. The Morgan fingerprint density at radius 2 is 2.10 bits per heavy atom. The number of nitrogens with one attached hydrogen (secondary N) is 1. The van der Waals surface area contributed by atoms with Crippen LogP contribution in [-0.2, 0) is 0 Å². The highest BCUT2D eigenvalue weighted by Crippen LogP contribution is 2.30. The van der Waals surface area contributed by atoms with Gasteiger partial charge in [-0.2, -0.15) is 0 Å². The van der Waals surface area contributed by atoms with Crippen molar-refractivity contribution in [3.8, 4) is 0 Å². The van der Waals surface area contributed by atoms with Crippen LogP contribution in [0.1, 0.15) is 64.7 Å². The van der Waals surface area contributed by atoms with Crippen LogP contribution in [0.4, 0.5) is 5.69 Å². The minimum Gasteiger partial charge on any atom is -0.440 e. The van der Waals surface area contributed by atoms with E-state index in [0.717, 1.165) is 22.9 Å². The number of rotatable bonds is 4. The molecule has 3 nitrogen and oxygen atoms in total. The fraction of sp³-hybridized carbons (Fsp3) is 0.611. The number of hydrogen-bond acceptors (Lipinski definition) is 3. The Kier molecular flexibility index (Phi) is 4.18. The van der Waals surface area contributed by atoms with Crippen molar-refractivity contribution in [2.75, 3.05) is 5.32 Å². The normalized spacial score (nSPS) is 22.9. The van der Waals surface area contributed by atoms with Crippen molar-refractivity contribution >= 4 is 16.8 Å². The number of anilines is 1. The zero-order valence-corrected chi connectivity index (χ0v) is 13.4. The average Bonchev–Trinajstić information content (AvgIpc) is 2.91.